The smallest absolute Gasteiger partial charge is 0.339 e. The van der Waals surface area contributed by atoms with Crippen LogP contribution in [-0.4, -0.2) is 61.2 Å². The molecule has 406 valence electrons. The van der Waals surface area contributed by atoms with Crippen LogP contribution in [0.1, 0.15) is 167 Å². The van der Waals surface area contributed by atoms with Gasteiger partial charge < -0.3 is 28.4 Å². The van der Waals surface area contributed by atoms with Gasteiger partial charge in [0, 0.05) is 28.3 Å². The molecule has 0 aromatic heterocycles. The monoisotopic (exact) mass is 1050 g/mol. The number of unbranched alkanes of at least 4 members (excludes halogenated alkanes) is 4. The van der Waals surface area contributed by atoms with E-state index < -0.39 is 17.5 Å². The molecule has 12 heteroatoms. The number of benzene rings is 4. The average molecular weight is 1060 g/mol. The number of ether oxygens (including phenoxy) is 6. The molecular weight excluding hydrogens is 985 g/mol. The van der Waals surface area contributed by atoms with Crippen molar-refractivity contribution >= 4 is 35.8 Å². The normalized spacial score (nSPS) is 20.5. The standard InChI is InChI=1S/C66H70O12/c1-4-7-44-74-61(68)53-22-26-56(27-23-53)64(71)77-59-36-32-57(33-37-59)65(72)78-66(41-38-50-20-18-49(19-21-50)17-16-48-14-12-47(5-2)13-15-48)42-39-52(40-43-66)51-30-34-58(35-31-51)76-63(70)55-28-24-54(25-29-55)62(69)75-46-11-9-8-10-45-73-60(67)6-3/h2,6,12-15,18-21,30-37,52-56H,3-4,7-11,22-29,39-40,42-46H2,1H3. The SMILES string of the molecule is C#Cc1ccc(C#Cc2ccc(C#CC3(OC(=O)c4ccc(OC(=O)C5CCC(C(=O)OCCCC)CC5)cc4)CCC(c4ccc(OC(=O)C5CCC(C(=O)OCCCCCCOC(=O)C=C)CC5)cc4)CC3)cc2)cc1. The van der Waals surface area contributed by atoms with Crippen LogP contribution in [0, 0.1) is 59.7 Å². The van der Waals surface area contributed by atoms with Gasteiger partial charge in [0.1, 0.15) is 11.5 Å². The van der Waals surface area contributed by atoms with Crippen LogP contribution in [0.4, 0.5) is 0 Å². The molecule has 3 saturated carbocycles. The fourth-order valence-electron chi connectivity index (χ4n) is 10.0. The summed E-state index contributed by atoms with van der Waals surface area (Å²) < 4.78 is 33.8. The van der Waals surface area contributed by atoms with Crippen LogP contribution in [0.25, 0.3) is 0 Å². The molecule has 4 aromatic rings. The minimum atomic E-state index is -1.10. The Bertz CT molecular complexity index is 2850. The zero-order chi connectivity index (χ0) is 55.1. The Morgan fingerprint density at radius 2 is 0.949 bits per heavy atom. The zero-order valence-corrected chi connectivity index (χ0v) is 44.7. The van der Waals surface area contributed by atoms with E-state index in [0.717, 1.165) is 72.4 Å². The highest BCUT2D eigenvalue weighted by Crippen LogP contribution is 2.41. The summed E-state index contributed by atoms with van der Waals surface area (Å²) in [6.07, 6.45) is 18.4. The predicted octanol–water partition coefficient (Wildman–Crippen LogP) is 12.0. The van der Waals surface area contributed by atoms with E-state index in [1.807, 2.05) is 79.7 Å². The van der Waals surface area contributed by atoms with Crippen LogP contribution in [0.5, 0.6) is 11.5 Å². The van der Waals surface area contributed by atoms with Gasteiger partial charge >= 0.3 is 35.8 Å². The lowest BCUT2D eigenvalue weighted by Gasteiger charge is -2.36. The van der Waals surface area contributed by atoms with Gasteiger partial charge in [-0.2, -0.15) is 0 Å². The lowest BCUT2D eigenvalue weighted by Crippen LogP contribution is -2.37. The summed E-state index contributed by atoms with van der Waals surface area (Å²) in [5.41, 5.74) is 3.46. The van der Waals surface area contributed by atoms with Gasteiger partial charge in [0.2, 0.25) is 0 Å². The van der Waals surface area contributed by atoms with Gasteiger partial charge in [0.05, 0.1) is 49.1 Å². The zero-order valence-electron chi connectivity index (χ0n) is 44.7. The van der Waals surface area contributed by atoms with Crippen molar-refractivity contribution in [3.63, 3.8) is 0 Å². The second-order valence-electron chi connectivity index (χ2n) is 20.5. The first-order valence-electron chi connectivity index (χ1n) is 27.6. The van der Waals surface area contributed by atoms with Crippen LogP contribution in [0.3, 0.4) is 0 Å². The average Bonchev–Trinajstić information content (AvgIpc) is 3.48. The fourth-order valence-corrected chi connectivity index (χ4v) is 10.0. The van der Waals surface area contributed by atoms with Gasteiger partial charge in [0.15, 0.2) is 5.60 Å². The number of hydrogen-bond acceptors (Lipinski definition) is 12. The largest absolute Gasteiger partial charge is 0.465 e. The van der Waals surface area contributed by atoms with Crippen molar-refractivity contribution in [2.24, 2.45) is 23.7 Å². The van der Waals surface area contributed by atoms with Crippen LogP contribution in [0.2, 0.25) is 0 Å². The Labute approximate surface area is 459 Å². The highest BCUT2D eigenvalue weighted by molar-refractivity contribution is 5.90. The lowest BCUT2D eigenvalue weighted by atomic mass is 9.76. The molecule has 0 amide bonds. The van der Waals surface area contributed by atoms with Gasteiger partial charge in [-0.3, -0.25) is 19.2 Å². The third kappa shape index (κ3) is 17.6. The highest BCUT2D eigenvalue weighted by Gasteiger charge is 2.39. The van der Waals surface area contributed by atoms with Crippen LogP contribution in [0.15, 0.2) is 110 Å². The van der Waals surface area contributed by atoms with Crippen molar-refractivity contribution in [3.8, 4) is 47.5 Å². The summed E-state index contributed by atoms with van der Waals surface area (Å²) in [6.45, 7) is 6.53. The first-order valence-corrected chi connectivity index (χ1v) is 27.6. The maximum atomic E-state index is 14.0. The summed E-state index contributed by atoms with van der Waals surface area (Å²) in [6, 6.07) is 29.0. The summed E-state index contributed by atoms with van der Waals surface area (Å²) in [4.78, 5) is 76.7. The van der Waals surface area contributed by atoms with E-state index in [9.17, 15) is 28.8 Å². The molecule has 0 spiro atoms. The summed E-state index contributed by atoms with van der Waals surface area (Å²) in [7, 11) is 0. The summed E-state index contributed by atoms with van der Waals surface area (Å²) in [5.74, 6) is 13.4. The van der Waals surface area contributed by atoms with E-state index >= 15 is 0 Å². The Balaban J connectivity index is 0.921. The minimum absolute atomic E-state index is 0.136. The number of hydrogen-bond donors (Lipinski definition) is 0. The van der Waals surface area contributed by atoms with Gasteiger partial charge in [-0.15, -0.1) is 6.42 Å². The molecule has 0 heterocycles. The van der Waals surface area contributed by atoms with Gasteiger partial charge in [0.25, 0.3) is 0 Å². The van der Waals surface area contributed by atoms with Gasteiger partial charge in [-0.05, 0) is 211 Å². The molecule has 3 fully saturated rings. The van der Waals surface area contributed by atoms with E-state index in [1.54, 1.807) is 24.3 Å². The molecule has 3 aliphatic carbocycles. The molecule has 0 N–H and O–H groups in total. The predicted molar refractivity (Wildman–Crippen MR) is 295 cm³/mol. The molecule has 0 saturated heterocycles. The molecule has 12 nitrogen and oxygen atoms in total. The molecule has 0 unspecified atom stereocenters. The Morgan fingerprint density at radius 3 is 1.41 bits per heavy atom. The molecule has 7 rings (SSSR count). The second-order valence-corrected chi connectivity index (χ2v) is 20.5. The Kier molecular flexibility index (Phi) is 21.9. The minimum Gasteiger partial charge on any atom is -0.465 e. The number of terminal acetylenes is 1. The van der Waals surface area contributed by atoms with Gasteiger partial charge in [-0.1, -0.05) is 55.7 Å². The maximum Gasteiger partial charge on any atom is 0.339 e. The van der Waals surface area contributed by atoms with E-state index in [-0.39, 0.29) is 53.5 Å². The van der Waals surface area contributed by atoms with Crippen molar-refractivity contribution in [1.29, 1.82) is 0 Å². The van der Waals surface area contributed by atoms with Crippen molar-refractivity contribution in [2.75, 3.05) is 19.8 Å². The topological polar surface area (TPSA) is 158 Å². The van der Waals surface area contributed by atoms with Crippen LogP contribution >= 0.6 is 0 Å². The van der Waals surface area contributed by atoms with E-state index in [4.69, 9.17) is 34.8 Å². The van der Waals surface area contributed by atoms with E-state index in [1.165, 1.54) is 0 Å². The number of carbonyl (C=O) groups is 6. The lowest BCUT2D eigenvalue weighted by molar-refractivity contribution is -0.152. The van der Waals surface area contributed by atoms with Crippen molar-refractivity contribution in [3.05, 3.63) is 143 Å². The molecule has 4 aromatic carbocycles. The van der Waals surface area contributed by atoms with Crippen molar-refractivity contribution < 1.29 is 57.2 Å². The molecule has 0 bridgehead atoms. The second kappa shape index (κ2) is 29.6. The quantitative estimate of drug-likeness (QED) is 0.0206. The van der Waals surface area contributed by atoms with Crippen molar-refractivity contribution in [2.45, 2.75) is 134 Å². The molecule has 3 aliphatic rings. The van der Waals surface area contributed by atoms with Gasteiger partial charge in [-0.25, -0.2) is 9.59 Å². The molecular formula is C66H70O12. The van der Waals surface area contributed by atoms with E-state index in [2.05, 4.69) is 36.2 Å². The fraction of sp³-hybridized carbons (Fsp3) is 0.424. The third-order valence-electron chi connectivity index (χ3n) is 14.9. The van der Waals surface area contributed by atoms with Crippen LogP contribution < -0.4 is 9.47 Å². The summed E-state index contributed by atoms with van der Waals surface area (Å²) in [5, 5.41) is 0. The molecule has 0 radical (unpaired) electrons. The molecule has 0 atom stereocenters. The Hall–Kier alpha value is -7.88. The third-order valence-corrected chi connectivity index (χ3v) is 14.9. The molecule has 78 heavy (non-hydrogen) atoms. The highest BCUT2D eigenvalue weighted by atomic mass is 16.6. The van der Waals surface area contributed by atoms with E-state index in [0.29, 0.717) is 114 Å². The van der Waals surface area contributed by atoms with Crippen LogP contribution in [-0.2, 0) is 42.9 Å². The first-order chi connectivity index (χ1) is 37.9. The number of carbonyl (C=O) groups excluding carboxylic acids is 6. The number of esters is 6. The first kappa shape index (κ1) is 57.8. The number of rotatable bonds is 20. The maximum absolute atomic E-state index is 14.0. The van der Waals surface area contributed by atoms with Crippen molar-refractivity contribution in [1.82, 2.24) is 0 Å². The molecule has 0 aliphatic heterocycles. The summed E-state index contributed by atoms with van der Waals surface area (Å²) >= 11 is 0. The Morgan fingerprint density at radius 1 is 0.526 bits per heavy atom.